The third-order valence-corrected chi connectivity index (χ3v) is 8.26. The molecule has 7 N–H and O–H groups in total. The third kappa shape index (κ3) is 6.08. The second-order valence-electron chi connectivity index (χ2n) is 11.1. The van der Waals surface area contributed by atoms with Crippen LogP contribution in [0.15, 0.2) is 33.5 Å². The molecule has 0 saturated carbocycles. The highest BCUT2D eigenvalue weighted by Gasteiger charge is 2.51. The topological polar surface area (TPSA) is 246 Å². The van der Waals surface area contributed by atoms with Crippen LogP contribution in [0.5, 0.6) is 34.5 Å². The summed E-state index contributed by atoms with van der Waals surface area (Å²) in [5.41, 5.74) is -0.875. The fourth-order valence-corrected chi connectivity index (χ4v) is 5.61. The van der Waals surface area contributed by atoms with Crippen LogP contribution in [0.25, 0.3) is 22.3 Å². The minimum absolute atomic E-state index is 0.0876. The van der Waals surface area contributed by atoms with Gasteiger partial charge in [-0.2, -0.15) is 0 Å². The summed E-state index contributed by atoms with van der Waals surface area (Å²) in [5.74, 6) is -1.63. The summed E-state index contributed by atoms with van der Waals surface area (Å²) in [6.07, 6.45) is -16.3. The highest BCUT2D eigenvalue weighted by Crippen LogP contribution is 2.52. The number of aliphatic hydroxyl groups is 6. The van der Waals surface area contributed by atoms with Gasteiger partial charge in [-0.15, -0.1) is 0 Å². The van der Waals surface area contributed by atoms with Gasteiger partial charge in [0, 0.05) is 5.56 Å². The molecule has 1 aromatic heterocycles. The van der Waals surface area contributed by atoms with Crippen LogP contribution in [0.2, 0.25) is 0 Å². The first-order chi connectivity index (χ1) is 22.9. The van der Waals surface area contributed by atoms with Crippen LogP contribution in [0, 0.1) is 0 Å². The number of aliphatic hydroxyl groups excluding tert-OH is 6. The Morgan fingerprint density at radius 1 is 0.729 bits per heavy atom. The number of rotatable bonds is 10. The normalized spacial score (nSPS) is 30.6. The van der Waals surface area contributed by atoms with Crippen molar-refractivity contribution in [2.45, 2.75) is 68.3 Å². The smallest absolute Gasteiger partial charge is 0.239 e. The van der Waals surface area contributed by atoms with E-state index in [4.69, 9.17) is 42.3 Å². The van der Waals surface area contributed by atoms with Crippen LogP contribution in [0.1, 0.15) is 6.92 Å². The molecule has 0 bridgehead atoms. The minimum atomic E-state index is -1.87. The van der Waals surface area contributed by atoms with Gasteiger partial charge in [0.25, 0.3) is 0 Å². The molecule has 2 fully saturated rings. The predicted molar refractivity (Wildman–Crippen MR) is 161 cm³/mol. The fraction of sp³-hybridized carbons (Fsp3) is 0.516. The summed E-state index contributed by atoms with van der Waals surface area (Å²) >= 11 is 0. The van der Waals surface area contributed by atoms with Gasteiger partial charge in [0.2, 0.25) is 34.7 Å². The summed E-state index contributed by atoms with van der Waals surface area (Å²) in [7, 11) is 5.10. The van der Waals surface area contributed by atoms with Crippen molar-refractivity contribution in [3.63, 3.8) is 0 Å². The first kappa shape index (κ1) is 35.4. The number of benzene rings is 2. The van der Waals surface area contributed by atoms with E-state index in [1.807, 2.05) is 0 Å². The fourth-order valence-electron chi connectivity index (χ4n) is 5.61. The van der Waals surface area contributed by atoms with Crippen molar-refractivity contribution in [1.29, 1.82) is 0 Å². The molecule has 48 heavy (non-hydrogen) atoms. The molecule has 2 aliphatic rings. The van der Waals surface area contributed by atoms with Gasteiger partial charge in [-0.3, -0.25) is 4.79 Å². The summed E-state index contributed by atoms with van der Waals surface area (Å²) in [4.78, 5) is 13.9. The van der Waals surface area contributed by atoms with Crippen molar-refractivity contribution in [2.75, 3.05) is 35.0 Å². The first-order valence-electron chi connectivity index (χ1n) is 14.7. The molecule has 0 radical (unpaired) electrons. The van der Waals surface area contributed by atoms with Gasteiger partial charge in [-0.1, -0.05) is 0 Å². The van der Waals surface area contributed by atoms with Gasteiger partial charge < -0.3 is 78.1 Å². The molecule has 10 atom stereocenters. The van der Waals surface area contributed by atoms with Crippen LogP contribution >= 0.6 is 0 Å². The highest BCUT2D eigenvalue weighted by molar-refractivity contribution is 5.96. The minimum Gasteiger partial charge on any atom is -0.504 e. The van der Waals surface area contributed by atoms with E-state index in [1.54, 1.807) is 24.3 Å². The van der Waals surface area contributed by atoms with E-state index in [1.165, 1.54) is 35.4 Å². The lowest BCUT2D eigenvalue weighted by atomic mass is 9.97. The summed E-state index contributed by atoms with van der Waals surface area (Å²) in [6.45, 7) is 0.616. The van der Waals surface area contributed by atoms with Crippen LogP contribution < -0.4 is 29.1 Å². The number of hydrogen-bond acceptors (Lipinski definition) is 17. The molecular weight excluding hydrogens is 644 g/mol. The molecule has 0 amide bonds. The maximum atomic E-state index is 13.9. The molecule has 2 saturated heterocycles. The summed E-state index contributed by atoms with van der Waals surface area (Å²) in [5, 5.41) is 73.5. The van der Waals surface area contributed by atoms with Gasteiger partial charge in [-0.25, -0.2) is 0 Å². The largest absolute Gasteiger partial charge is 0.504 e. The lowest BCUT2D eigenvalue weighted by Gasteiger charge is -2.45. The number of aromatic hydroxyl groups is 1. The Bertz CT molecular complexity index is 1640. The average molecular weight is 683 g/mol. The van der Waals surface area contributed by atoms with Crippen molar-refractivity contribution in [2.24, 2.45) is 0 Å². The SMILES string of the molecule is COc1ccc(-c2oc3c(O[C@@H]4OC(CO)[C@@H](O)[C@H](O)C4O[C@@H]4OC(C)[C@H](O)[C@H](O)C4O)c(OC)c(OC)c(O)c3c(=O)c2OC)cc1. The molecule has 2 aliphatic heterocycles. The predicted octanol–water partition coefficient (Wildman–Crippen LogP) is -0.769. The molecule has 3 heterocycles. The van der Waals surface area contributed by atoms with E-state index < -0.39 is 95.9 Å². The Morgan fingerprint density at radius 3 is 1.96 bits per heavy atom. The number of fused-ring (bicyclic) bond motifs is 1. The number of ether oxygens (including phenoxy) is 8. The molecule has 4 unspecified atom stereocenters. The zero-order chi connectivity index (χ0) is 35.0. The molecule has 3 aromatic rings. The Hall–Kier alpha value is -3.91. The Labute approximate surface area is 272 Å². The van der Waals surface area contributed by atoms with Crippen molar-refractivity contribution in [3.05, 3.63) is 34.5 Å². The van der Waals surface area contributed by atoms with E-state index in [0.717, 1.165) is 0 Å². The van der Waals surface area contributed by atoms with E-state index in [-0.39, 0.29) is 23.0 Å². The number of hydrogen-bond donors (Lipinski definition) is 7. The van der Waals surface area contributed by atoms with E-state index in [0.29, 0.717) is 11.3 Å². The number of phenols is 1. The standard InChI is InChI=1S/C31H38O17/c1-11-16(33)20(37)22(39)30(44-11)47-27-21(38)17(34)14(10-32)45-31(27)48-29-24-15(19(36)26(42-4)28(29)43-5)18(35)25(41-3)23(46-24)12-6-8-13(40-2)9-7-12/h6-9,11,14,16-17,20-22,27,30-34,36-39H,10H2,1-5H3/t11?,14?,16-,17+,20-,21-,22?,27?,30-,31-/m0/s1. The third-order valence-electron chi connectivity index (χ3n) is 8.26. The van der Waals surface area contributed by atoms with Crippen molar-refractivity contribution >= 4 is 11.0 Å². The first-order valence-corrected chi connectivity index (χ1v) is 14.7. The molecule has 5 rings (SSSR count). The van der Waals surface area contributed by atoms with E-state index in [2.05, 4.69) is 0 Å². The number of phenolic OH excluding ortho intramolecular Hbond substituents is 1. The molecule has 17 heteroatoms. The lowest BCUT2D eigenvalue weighted by Crippen LogP contribution is -2.64. The van der Waals surface area contributed by atoms with E-state index in [9.17, 15) is 40.5 Å². The van der Waals surface area contributed by atoms with Crippen molar-refractivity contribution < 1.29 is 78.1 Å². The van der Waals surface area contributed by atoms with Gasteiger partial charge in [0.05, 0.1) is 41.2 Å². The van der Waals surface area contributed by atoms with Crippen LogP contribution in [-0.2, 0) is 14.2 Å². The van der Waals surface area contributed by atoms with Gasteiger partial charge >= 0.3 is 0 Å². The summed E-state index contributed by atoms with van der Waals surface area (Å²) in [6, 6.07) is 6.40. The Balaban J connectivity index is 1.69. The van der Waals surface area contributed by atoms with Crippen LogP contribution in [0.4, 0.5) is 0 Å². The van der Waals surface area contributed by atoms with Gasteiger partial charge in [0.15, 0.2) is 29.5 Å². The van der Waals surface area contributed by atoms with Crippen LogP contribution in [-0.4, -0.2) is 132 Å². The van der Waals surface area contributed by atoms with E-state index >= 15 is 0 Å². The van der Waals surface area contributed by atoms with Crippen molar-refractivity contribution in [3.8, 4) is 45.8 Å². The zero-order valence-corrected chi connectivity index (χ0v) is 26.5. The second-order valence-corrected chi connectivity index (χ2v) is 11.1. The molecule has 2 aromatic carbocycles. The monoisotopic (exact) mass is 682 g/mol. The lowest BCUT2D eigenvalue weighted by molar-refractivity contribution is -0.354. The highest BCUT2D eigenvalue weighted by atomic mass is 16.8. The zero-order valence-electron chi connectivity index (χ0n) is 26.5. The molecule has 264 valence electrons. The second kappa shape index (κ2) is 14.3. The Morgan fingerprint density at radius 2 is 1.38 bits per heavy atom. The average Bonchev–Trinajstić information content (AvgIpc) is 3.09. The maximum Gasteiger partial charge on any atom is 0.239 e. The molecule has 0 aliphatic carbocycles. The maximum absolute atomic E-state index is 13.9. The van der Waals surface area contributed by atoms with Crippen LogP contribution in [0.3, 0.4) is 0 Å². The van der Waals surface area contributed by atoms with Gasteiger partial charge in [0.1, 0.15) is 47.8 Å². The molecular formula is C31H38O17. The molecule has 17 nitrogen and oxygen atoms in total. The van der Waals surface area contributed by atoms with Crippen molar-refractivity contribution in [1.82, 2.24) is 0 Å². The summed E-state index contributed by atoms with van der Waals surface area (Å²) < 4.78 is 50.9. The van der Waals surface area contributed by atoms with Gasteiger partial charge in [-0.05, 0) is 31.2 Å². The quantitative estimate of drug-likeness (QED) is 0.139. The molecule has 0 spiro atoms. The number of methoxy groups -OCH3 is 4. The Kier molecular flexibility index (Phi) is 10.5.